The van der Waals surface area contributed by atoms with E-state index < -0.39 is 0 Å². The van der Waals surface area contributed by atoms with Crippen LogP contribution in [0.5, 0.6) is 0 Å². The van der Waals surface area contributed by atoms with Gasteiger partial charge in [0.1, 0.15) is 11.6 Å². The van der Waals surface area contributed by atoms with Gasteiger partial charge in [0.15, 0.2) is 0 Å². The SMILES string of the molecule is N#Cc1ccnc(N2CCN(C(=O)c3ccc(NC4CC4)nc3)CC2)c1. The first-order valence-corrected chi connectivity index (χ1v) is 8.86. The Morgan fingerprint density at radius 2 is 1.96 bits per heavy atom. The van der Waals surface area contributed by atoms with Crippen molar-refractivity contribution >= 4 is 17.5 Å². The zero-order valence-corrected chi connectivity index (χ0v) is 14.4. The summed E-state index contributed by atoms with van der Waals surface area (Å²) < 4.78 is 0. The van der Waals surface area contributed by atoms with Crippen LogP contribution >= 0.6 is 0 Å². The van der Waals surface area contributed by atoms with Crippen LogP contribution in [0.4, 0.5) is 11.6 Å². The van der Waals surface area contributed by atoms with Crippen molar-refractivity contribution in [2.45, 2.75) is 18.9 Å². The van der Waals surface area contributed by atoms with Crippen molar-refractivity contribution in [3.05, 3.63) is 47.8 Å². The van der Waals surface area contributed by atoms with Crippen molar-refractivity contribution in [1.82, 2.24) is 14.9 Å². The summed E-state index contributed by atoms with van der Waals surface area (Å²) in [6.07, 6.45) is 5.68. The molecule has 0 radical (unpaired) electrons. The monoisotopic (exact) mass is 348 g/mol. The molecule has 2 aromatic heterocycles. The first-order chi connectivity index (χ1) is 12.7. The average Bonchev–Trinajstić information content (AvgIpc) is 3.52. The molecule has 132 valence electrons. The maximum Gasteiger partial charge on any atom is 0.255 e. The molecule has 0 unspecified atom stereocenters. The predicted molar refractivity (Wildman–Crippen MR) is 98.0 cm³/mol. The lowest BCUT2D eigenvalue weighted by Crippen LogP contribution is -2.49. The Labute approximate surface area is 152 Å². The number of nitrogens with one attached hydrogen (secondary N) is 1. The van der Waals surface area contributed by atoms with Gasteiger partial charge in [0, 0.05) is 44.6 Å². The van der Waals surface area contributed by atoms with E-state index in [4.69, 9.17) is 5.26 Å². The van der Waals surface area contributed by atoms with Crippen molar-refractivity contribution in [1.29, 1.82) is 5.26 Å². The van der Waals surface area contributed by atoms with Crippen LogP contribution in [0.3, 0.4) is 0 Å². The fourth-order valence-electron chi connectivity index (χ4n) is 3.02. The molecule has 4 rings (SSSR count). The average molecular weight is 348 g/mol. The number of nitrogens with zero attached hydrogens (tertiary/aromatic N) is 5. The Morgan fingerprint density at radius 3 is 2.62 bits per heavy atom. The fourth-order valence-corrected chi connectivity index (χ4v) is 3.02. The summed E-state index contributed by atoms with van der Waals surface area (Å²) in [6.45, 7) is 2.64. The molecule has 1 amide bonds. The molecule has 0 atom stereocenters. The number of carbonyl (C=O) groups excluding carboxylic acids is 1. The number of hydrogen-bond acceptors (Lipinski definition) is 6. The van der Waals surface area contributed by atoms with E-state index in [2.05, 4.69) is 26.3 Å². The fraction of sp³-hybridized carbons (Fsp3) is 0.368. The zero-order valence-electron chi connectivity index (χ0n) is 14.4. The van der Waals surface area contributed by atoms with Crippen molar-refractivity contribution < 1.29 is 4.79 Å². The van der Waals surface area contributed by atoms with Crippen LogP contribution in [0.2, 0.25) is 0 Å². The third kappa shape index (κ3) is 3.59. The Balaban J connectivity index is 1.36. The Hall–Kier alpha value is -3.14. The number of pyridine rings is 2. The molecule has 1 saturated carbocycles. The van der Waals surface area contributed by atoms with Crippen molar-refractivity contribution in [3.8, 4) is 6.07 Å². The number of rotatable bonds is 4. The molecule has 7 heteroatoms. The summed E-state index contributed by atoms with van der Waals surface area (Å²) in [5.41, 5.74) is 1.21. The first kappa shape index (κ1) is 16.3. The number of hydrogen-bond donors (Lipinski definition) is 1. The van der Waals surface area contributed by atoms with E-state index >= 15 is 0 Å². The van der Waals surface area contributed by atoms with E-state index in [0.717, 1.165) is 11.6 Å². The van der Waals surface area contributed by atoms with Crippen LogP contribution in [0.25, 0.3) is 0 Å². The highest BCUT2D eigenvalue weighted by Crippen LogP contribution is 2.23. The lowest BCUT2D eigenvalue weighted by Gasteiger charge is -2.35. The second kappa shape index (κ2) is 7.00. The number of nitriles is 1. The number of piperazine rings is 1. The molecule has 26 heavy (non-hydrogen) atoms. The third-order valence-electron chi connectivity index (χ3n) is 4.71. The molecule has 7 nitrogen and oxygen atoms in total. The van der Waals surface area contributed by atoms with E-state index in [9.17, 15) is 4.79 Å². The van der Waals surface area contributed by atoms with Crippen molar-refractivity contribution in [2.24, 2.45) is 0 Å². The maximum absolute atomic E-state index is 12.7. The second-order valence-corrected chi connectivity index (χ2v) is 6.64. The number of amides is 1. The van der Waals surface area contributed by atoms with Gasteiger partial charge in [-0.2, -0.15) is 5.26 Å². The molecule has 0 spiro atoms. The summed E-state index contributed by atoms with van der Waals surface area (Å²) in [5, 5.41) is 12.3. The molecule has 1 N–H and O–H groups in total. The zero-order chi connectivity index (χ0) is 17.9. The number of anilines is 2. The van der Waals surface area contributed by atoms with Crippen molar-refractivity contribution in [3.63, 3.8) is 0 Å². The maximum atomic E-state index is 12.7. The van der Waals surface area contributed by atoms with Gasteiger partial charge in [-0.3, -0.25) is 4.79 Å². The van der Waals surface area contributed by atoms with Gasteiger partial charge < -0.3 is 15.1 Å². The Kier molecular flexibility index (Phi) is 4.40. The van der Waals surface area contributed by atoms with Gasteiger partial charge in [0.05, 0.1) is 17.2 Å². The van der Waals surface area contributed by atoms with Crippen LogP contribution in [0, 0.1) is 11.3 Å². The summed E-state index contributed by atoms with van der Waals surface area (Å²) in [7, 11) is 0. The second-order valence-electron chi connectivity index (χ2n) is 6.64. The van der Waals surface area contributed by atoms with Crippen molar-refractivity contribution in [2.75, 3.05) is 36.4 Å². The minimum Gasteiger partial charge on any atom is -0.367 e. The molecule has 1 saturated heterocycles. The highest BCUT2D eigenvalue weighted by Gasteiger charge is 2.24. The van der Waals surface area contributed by atoms with Crippen LogP contribution in [0.1, 0.15) is 28.8 Å². The summed E-state index contributed by atoms with van der Waals surface area (Å²) in [6, 6.07) is 9.87. The highest BCUT2D eigenvalue weighted by molar-refractivity contribution is 5.94. The molecule has 0 bridgehead atoms. The normalized spacial score (nSPS) is 16.9. The minimum absolute atomic E-state index is 0.00820. The molecule has 2 aromatic rings. The molecule has 1 aliphatic heterocycles. The van der Waals surface area contributed by atoms with E-state index in [1.165, 1.54) is 12.8 Å². The third-order valence-corrected chi connectivity index (χ3v) is 4.71. The van der Waals surface area contributed by atoms with E-state index in [1.807, 2.05) is 17.0 Å². The van der Waals surface area contributed by atoms with Crippen LogP contribution in [-0.4, -0.2) is 53.0 Å². The van der Waals surface area contributed by atoms with Crippen LogP contribution in [-0.2, 0) is 0 Å². The first-order valence-electron chi connectivity index (χ1n) is 8.86. The Bertz CT molecular complexity index is 832. The number of aromatic nitrogens is 2. The van der Waals surface area contributed by atoms with Gasteiger partial charge in [-0.05, 0) is 37.1 Å². The van der Waals surface area contributed by atoms with Gasteiger partial charge in [0.25, 0.3) is 5.91 Å². The highest BCUT2D eigenvalue weighted by atomic mass is 16.2. The lowest BCUT2D eigenvalue weighted by molar-refractivity contribution is 0.0746. The van der Waals surface area contributed by atoms with E-state index in [0.29, 0.717) is 43.3 Å². The largest absolute Gasteiger partial charge is 0.367 e. The molecule has 0 aromatic carbocycles. The van der Waals surface area contributed by atoms with Gasteiger partial charge in [-0.1, -0.05) is 0 Å². The summed E-state index contributed by atoms with van der Waals surface area (Å²) >= 11 is 0. The lowest BCUT2D eigenvalue weighted by atomic mass is 10.2. The smallest absolute Gasteiger partial charge is 0.255 e. The molecule has 3 heterocycles. The Morgan fingerprint density at radius 1 is 1.15 bits per heavy atom. The van der Waals surface area contributed by atoms with Gasteiger partial charge in [-0.15, -0.1) is 0 Å². The molecule has 1 aliphatic carbocycles. The standard InChI is InChI=1S/C19H20N6O/c20-12-14-5-6-21-18(11-14)24-7-9-25(10-8-24)19(26)15-1-4-17(22-13-15)23-16-2-3-16/h1,4-6,11,13,16H,2-3,7-10H2,(H,22,23). The molecular weight excluding hydrogens is 328 g/mol. The molecule has 2 aliphatic rings. The van der Waals surface area contributed by atoms with Crippen LogP contribution in [0.15, 0.2) is 36.7 Å². The topological polar surface area (TPSA) is 85.2 Å². The van der Waals surface area contributed by atoms with Gasteiger partial charge >= 0.3 is 0 Å². The quantitative estimate of drug-likeness (QED) is 0.908. The minimum atomic E-state index is 0.00820. The van der Waals surface area contributed by atoms with E-state index in [-0.39, 0.29) is 5.91 Å². The van der Waals surface area contributed by atoms with Gasteiger partial charge in [-0.25, -0.2) is 9.97 Å². The predicted octanol–water partition coefficient (Wildman–Crippen LogP) is 1.88. The van der Waals surface area contributed by atoms with Crippen LogP contribution < -0.4 is 10.2 Å². The molecule has 2 fully saturated rings. The summed E-state index contributed by atoms with van der Waals surface area (Å²) in [5.74, 6) is 1.62. The number of carbonyl (C=O) groups is 1. The van der Waals surface area contributed by atoms with Gasteiger partial charge in [0.2, 0.25) is 0 Å². The van der Waals surface area contributed by atoms with E-state index in [1.54, 1.807) is 24.5 Å². The molecular formula is C19H20N6O. The summed E-state index contributed by atoms with van der Waals surface area (Å²) in [4.78, 5) is 25.3.